The highest BCUT2D eigenvalue weighted by Gasteiger charge is 2.28. The average Bonchev–Trinajstić information content (AvgIpc) is 2.82. The molecule has 0 saturated carbocycles. The molecular formula is C16H22N2O4S. The average molecular weight is 338 g/mol. The fourth-order valence-electron chi connectivity index (χ4n) is 2.57. The minimum Gasteiger partial charge on any atom is -0.298 e. The Morgan fingerprint density at radius 1 is 1.13 bits per heavy atom. The van der Waals surface area contributed by atoms with E-state index in [-0.39, 0.29) is 17.9 Å². The van der Waals surface area contributed by atoms with Crippen LogP contribution in [0.3, 0.4) is 0 Å². The molecule has 1 heterocycles. The zero-order valence-corrected chi connectivity index (χ0v) is 14.5. The van der Waals surface area contributed by atoms with E-state index in [1.165, 1.54) is 11.2 Å². The Hall–Kier alpha value is -1.73. The molecule has 126 valence electrons. The molecule has 2 amide bonds. The number of imide groups is 1. The van der Waals surface area contributed by atoms with Gasteiger partial charge in [-0.15, -0.1) is 0 Å². The van der Waals surface area contributed by atoms with Crippen LogP contribution in [0, 0.1) is 0 Å². The summed E-state index contributed by atoms with van der Waals surface area (Å²) < 4.78 is 23.0. The number of sulfone groups is 1. The molecule has 1 aromatic rings. The monoisotopic (exact) mass is 338 g/mol. The van der Waals surface area contributed by atoms with E-state index in [2.05, 4.69) is 0 Å². The molecule has 0 spiro atoms. The lowest BCUT2D eigenvalue weighted by molar-refractivity contribution is -0.138. The lowest BCUT2D eigenvalue weighted by Crippen LogP contribution is -2.37. The van der Waals surface area contributed by atoms with Crippen LogP contribution in [0.15, 0.2) is 29.2 Å². The van der Waals surface area contributed by atoms with Crippen molar-refractivity contribution in [3.8, 4) is 0 Å². The van der Waals surface area contributed by atoms with Gasteiger partial charge in [0, 0.05) is 38.2 Å². The molecule has 0 N–H and O–H groups in total. The topological polar surface area (TPSA) is 74.8 Å². The Balaban J connectivity index is 1.98. The summed E-state index contributed by atoms with van der Waals surface area (Å²) in [5.41, 5.74) is 0.985. The van der Waals surface area contributed by atoms with E-state index in [1.807, 2.05) is 18.9 Å². The van der Waals surface area contributed by atoms with E-state index in [4.69, 9.17) is 0 Å². The Morgan fingerprint density at radius 2 is 1.65 bits per heavy atom. The maximum atomic E-state index is 11.6. The van der Waals surface area contributed by atoms with E-state index in [9.17, 15) is 18.0 Å². The van der Waals surface area contributed by atoms with Crippen molar-refractivity contribution in [1.82, 2.24) is 9.80 Å². The molecule has 1 saturated heterocycles. The van der Waals surface area contributed by atoms with Gasteiger partial charge < -0.3 is 0 Å². The minimum atomic E-state index is -3.19. The summed E-state index contributed by atoms with van der Waals surface area (Å²) in [6.07, 6.45) is 1.80. The summed E-state index contributed by atoms with van der Waals surface area (Å²) >= 11 is 0. The SMILES string of the molecule is C[C@@H](c1ccc(S(C)(=O)=O)cc1)N(C)CCN1C(=O)CCC1=O. The first-order chi connectivity index (χ1) is 10.7. The molecule has 1 atom stereocenters. The molecule has 6 nitrogen and oxygen atoms in total. The van der Waals surface area contributed by atoms with Crippen LogP contribution in [0.4, 0.5) is 0 Å². The molecule has 0 unspecified atom stereocenters. The van der Waals surface area contributed by atoms with Gasteiger partial charge in [0.2, 0.25) is 11.8 Å². The van der Waals surface area contributed by atoms with E-state index in [1.54, 1.807) is 24.3 Å². The Kier molecular flexibility index (Phi) is 5.21. The van der Waals surface area contributed by atoms with Gasteiger partial charge in [0.15, 0.2) is 9.84 Å². The van der Waals surface area contributed by atoms with Crippen molar-refractivity contribution >= 4 is 21.7 Å². The van der Waals surface area contributed by atoms with Crippen molar-refractivity contribution in [2.45, 2.75) is 30.7 Å². The van der Waals surface area contributed by atoms with E-state index >= 15 is 0 Å². The first kappa shape index (κ1) is 17.6. The summed E-state index contributed by atoms with van der Waals surface area (Å²) in [5, 5.41) is 0. The predicted molar refractivity (Wildman–Crippen MR) is 86.6 cm³/mol. The number of hydrogen-bond acceptors (Lipinski definition) is 5. The van der Waals surface area contributed by atoms with Gasteiger partial charge in [-0.05, 0) is 31.7 Å². The first-order valence-corrected chi connectivity index (χ1v) is 9.42. The Labute approximate surface area is 137 Å². The van der Waals surface area contributed by atoms with Crippen molar-refractivity contribution in [1.29, 1.82) is 0 Å². The molecule has 7 heteroatoms. The van der Waals surface area contributed by atoms with Gasteiger partial charge in [0.1, 0.15) is 0 Å². The van der Waals surface area contributed by atoms with Crippen LogP contribution in [-0.4, -0.2) is 56.4 Å². The Morgan fingerprint density at radius 3 is 2.13 bits per heavy atom. The molecule has 0 bridgehead atoms. The molecule has 1 aliphatic heterocycles. The predicted octanol–water partition coefficient (Wildman–Crippen LogP) is 1.23. The van der Waals surface area contributed by atoms with Crippen molar-refractivity contribution < 1.29 is 18.0 Å². The third-order valence-corrected chi connectivity index (χ3v) is 5.41. The van der Waals surface area contributed by atoms with Crippen molar-refractivity contribution in [3.63, 3.8) is 0 Å². The second-order valence-electron chi connectivity index (χ2n) is 5.94. The van der Waals surface area contributed by atoms with Crippen molar-refractivity contribution in [2.75, 3.05) is 26.4 Å². The number of carbonyl (C=O) groups is 2. The number of likely N-dealkylation sites (N-methyl/N-ethyl adjacent to an activating group) is 1. The van der Waals surface area contributed by atoms with Crippen LogP contribution in [-0.2, 0) is 19.4 Å². The van der Waals surface area contributed by atoms with Gasteiger partial charge in [-0.25, -0.2) is 8.42 Å². The second kappa shape index (κ2) is 6.80. The number of amides is 2. The highest BCUT2D eigenvalue weighted by Crippen LogP contribution is 2.21. The summed E-state index contributed by atoms with van der Waals surface area (Å²) in [6.45, 7) is 2.97. The molecular weight excluding hydrogens is 316 g/mol. The fourth-order valence-corrected chi connectivity index (χ4v) is 3.20. The second-order valence-corrected chi connectivity index (χ2v) is 7.95. The van der Waals surface area contributed by atoms with Gasteiger partial charge in [-0.2, -0.15) is 0 Å². The third kappa shape index (κ3) is 4.17. The zero-order chi connectivity index (χ0) is 17.2. The summed E-state index contributed by atoms with van der Waals surface area (Å²) in [6, 6.07) is 6.84. The lowest BCUT2D eigenvalue weighted by Gasteiger charge is -2.27. The quantitative estimate of drug-likeness (QED) is 0.730. The summed E-state index contributed by atoms with van der Waals surface area (Å²) in [5.74, 6) is -0.206. The fraction of sp³-hybridized carbons (Fsp3) is 0.500. The summed E-state index contributed by atoms with van der Waals surface area (Å²) in [4.78, 5) is 26.8. The number of rotatable bonds is 6. The van der Waals surface area contributed by atoms with Gasteiger partial charge >= 0.3 is 0 Å². The van der Waals surface area contributed by atoms with Crippen molar-refractivity contribution in [3.05, 3.63) is 29.8 Å². The van der Waals surface area contributed by atoms with E-state index < -0.39 is 9.84 Å². The Bertz CT molecular complexity index is 681. The largest absolute Gasteiger partial charge is 0.298 e. The highest BCUT2D eigenvalue weighted by atomic mass is 32.2. The standard InChI is InChI=1S/C16H22N2O4S/c1-12(13-4-6-14(7-5-13)23(3,21)22)17(2)10-11-18-15(19)8-9-16(18)20/h4-7,12H,8-11H2,1-3H3/t12-/m0/s1. The molecule has 1 fully saturated rings. The van der Waals surface area contributed by atoms with Crippen molar-refractivity contribution in [2.24, 2.45) is 0 Å². The van der Waals surface area contributed by atoms with Crippen LogP contribution >= 0.6 is 0 Å². The molecule has 0 aliphatic carbocycles. The minimum absolute atomic E-state index is 0.0522. The van der Waals surface area contributed by atoms with Gasteiger partial charge in [-0.3, -0.25) is 19.4 Å². The molecule has 0 aromatic heterocycles. The number of likely N-dealkylation sites (tertiary alicyclic amines) is 1. The maximum absolute atomic E-state index is 11.6. The zero-order valence-electron chi connectivity index (χ0n) is 13.7. The third-order valence-electron chi connectivity index (χ3n) is 4.28. The number of nitrogens with zero attached hydrogens (tertiary/aromatic N) is 2. The smallest absolute Gasteiger partial charge is 0.229 e. The van der Waals surface area contributed by atoms with Crippen LogP contribution in [0.5, 0.6) is 0 Å². The van der Waals surface area contributed by atoms with Crippen LogP contribution in [0.2, 0.25) is 0 Å². The maximum Gasteiger partial charge on any atom is 0.229 e. The number of carbonyl (C=O) groups excluding carboxylic acids is 2. The molecule has 0 radical (unpaired) electrons. The number of benzene rings is 1. The molecule has 1 aromatic carbocycles. The van der Waals surface area contributed by atoms with Gasteiger partial charge in [0.05, 0.1) is 4.90 Å². The van der Waals surface area contributed by atoms with Gasteiger partial charge in [0.25, 0.3) is 0 Å². The first-order valence-electron chi connectivity index (χ1n) is 7.53. The van der Waals surface area contributed by atoms with Gasteiger partial charge in [-0.1, -0.05) is 12.1 Å². The molecule has 23 heavy (non-hydrogen) atoms. The van der Waals surface area contributed by atoms with Crippen LogP contribution in [0.25, 0.3) is 0 Å². The summed E-state index contributed by atoms with van der Waals surface area (Å²) in [7, 11) is -1.28. The molecule has 1 aliphatic rings. The van der Waals surface area contributed by atoms with E-state index in [0.717, 1.165) is 5.56 Å². The normalized spacial score (nSPS) is 17.1. The van der Waals surface area contributed by atoms with E-state index in [0.29, 0.717) is 30.8 Å². The highest BCUT2D eigenvalue weighted by molar-refractivity contribution is 7.90. The van der Waals surface area contributed by atoms with Crippen LogP contribution < -0.4 is 0 Å². The van der Waals surface area contributed by atoms with Crippen LogP contribution in [0.1, 0.15) is 31.4 Å². The number of hydrogen-bond donors (Lipinski definition) is 0. The lowest BCUT2D eigenvalue weighted by atomic mass is 10.1. The molecule has 2 rings (SSSR count).